The molecule has 2 nitrogen and oxygen atoms in total. The minimum Gasteiger partial charge on any atom is -0.496 e. The van der Waals surface area contributed by atoms with Gasteiger partial charge < -0.3 is 9.47 Å². The fourth-order valence-electron chi connectivity index (χ4n) is 3.03. The summed E-state index contributed by atoms with van der Waals surface area (Å²) >= 11 is 0. The smallest absolute Gasteiger partial charge is 0.127 e. The third-order valence-corrected chi connectivity index (χ3v) is 4.23. The second-order valence-electron chi connectivity index (χ2n) is 5.80. The first-order valence-electron chi connectivity index (χ1n) is 8.24. The van der Waals surface area contributed by atoms with Gasteiger partial charge in [0.05, 0.1) is 7.11 Å². The van der Waals surface area contributed by atoms with Gasteiger partial charge in [0.1, 0.15) is 17.2 Å². The number of rotatable bonds is 4. The van der Waals surface area contributed by atoms with Gasteiger partial charge in [0, 0.05) is 5.56 Å². The van der Waals surface area contributed by atoms with E-state index < -0.39 is 0 Å². The van der Waals surface area contributed by atoms with Crippen LogP contribution in [-0.4, -0.2) is 7.11 Å². The SMILES string of the molecule is COc1ccc2ccccc2c1-c1ccc(Oc2ccccc2)cc1. The van der Waals surface area contributed by atoms with Crippen LogP contribution in [0.5, 0.6) is 17.2 Å². The van der Waals surface area contributed by atoms with Crippen molar-refractivity contribution in [1.29, 1.82) is 0 Å². The number of hydrogen-bond donors (Lipinski definition) is 0. The van der Waals surface area contributed by atoms with Gasteiger partial charge >= 0.3 is 0 Å². The number of methoxy groups -OCH3 is 1. The van der Waals surface area contributed by atoms with Crippen molar-refractivity contribution in [2.45, 2.75) is 0 Å². The Hall–Kier alpha value is -3.26. The molecule has 0 aliphatic carbocycles. The average molecular weight is 326 g/mol. The summed E-state index contributed by atoms with van der Waals surface area (Å²) in [6, 6.07) is 30.4. The molecule has 0 fully saturated rings. The highest BCUT2D eigenvalue weighted by Gasteiger charge is 2.10. The molecule has 25 heavy (non-hydrogen) atoms. The lowest BCUT2D eigenvalue weighted by Gasteiger charge is -2.13. The summed E-state index contributed by atoms with van der Waals surface area (Å²) in [5.74, 6) is 2.52. The highest BCUT2D eigenvalue weighted by molar-refractivity contribution is 5.99. The summed E-state index contributed by atoms with van der Waals surface area (Å²) < 4.78 is 11.5. The van der Waals surface area contributed by atoms with Crippen molar-refractivity contribution in [1.82, 2.24) is 0 Å². The van der Waals surface area contributed by atoms with E-state index in [1.807, 2.05) is 48.5 Å². The number of fused-ring (bicyclic) bond motifs is 1. The largest absolute Gasteiger partial charge is 0.496 e. The van der Waals surface area contributed by atoms with E-state index in [9.17, 15) is 0 Å². The molecular formula is C23H18O2. The van der Waals surface area contributed by atoms with Gasteiger partial charge in [-0.3, -0.25) is 0 Å². The van der Waals surface area contributed by atoms with Crippen LogP contribution >= 0.6 is 0 Å². The maximum Gasteiger partial charge on any atom is 0.127 e. The topological polar surface area (TPSA) is 18.5 Å². The molecule has 0 unspecified atom stereocenters. The highest BCUT2D eigenvalue weighted by atomic mass is 16.5. The molecule has 0 radical (unpaired) electrons. The first-order valence-corrected chi connectivity index (χ1v) is 8.24. The second-order valence-corrected chi connectivity index (χ2v) is 5.80. The summed E-state index contributed by atoms with van der Waals surface area (Å²) in [7, 11) is 1.71. The monoisotopic (exact) mass is 326 g/mol. The van der Waals surface area contributed by atoms with E-state index in [0.29, 0.717) is 0 Å². The molecule has 0 bridgehead atoms. The van der Waals surface area contributed by atoms with E-state index in [4.69, 9.17) is 9.47 Å². The van der Waals surface area contributed by atoms with Crippen LogP contribution < -0.4 is 9.47 Å². The molecule has 122 valence electrons. The first-order chi connectivity index (χ1) is 12.3. The van der Waals surface area contributed by atoms with Gasteiger partial charge in [-0.25, -0.2) is 0 Å². The molecule has 0 amide bonds. The molecule has 4 aromatic rings. The molecular weight excluding hydrogens is 308 g/mol. The molecule has 0 saturated carbocycles. The molecule has 0 spiro atoms. The van der Waals surface area contributed by atoms with Crippen molar-refractivity contribution in [2.24, 2.45) is 0 Å². The van der Waals surface area contributed by atoms with Gasteiger partial charge in [0.25, 0.3) is 0 Å². The molecule has 0 aliphatic rings. The van der Waals surface area contributed by atoms with Crippen LogP contribution in [0.2, 0.25) is 0 Å². The van der Waals surface area contributed by atoms with Crippen molar-refractivity contribution in [3.05, 3.63) is 91.0 Å². The van der Waals surface area contributed by atoms with Crippen LogP contribution in [0.25, 0.3) is 21.9 Å². The maximum atomic E-state index is 5.88. The van der Waals surface area contributed by atoms with Gasteiger partial charge in [-0.15, -0.1) is 0 Å². The van der Waals surface area contributed by atoms with Crippen LogP contribution in [-0.2, 0) is 0 Å². The van der Waals surface area contributed by atoms with Crippen LogP contribution in [0.1, 0.15) is 0 Å². The van der Waals surface area contributed by atoms with E-state index in [-0.39, 0.29) is 0 Å². The predicted molar refractivity (Wildman–Crippen MR) is 102 cm³/mol. The fourth-order valence-corrected chi connectivity index (χ4v) is 3.03. The van der Waals surface area contributed by atoms with E-state index >= 15 is 0 Å². The van der Waals surface area contributed by atoms with Crippen LogP contribution in [0.15, 0.2) is 91.0 Å². The zero-order chi connectivity index (χ0) is 17.1. The minimum atomic E-state index is 0.814. The zero-order valence-electron chi connectivity index (χ0n) is 14.0. The quantitative estimate of drug-likeness (QED) is 0.437. The third-order valence-electron chi connectivity index (χ3n) is 4.23. The van der Waals surface area contributed by atoms with Crippen molar-refractivity contribution in [3.8, 4) is 28.4 Å². The lowest BCUT2D eigenvalue weighted by molar-refractivity contribution is 0.417. The Morgan fingerprint density at radius 1 is 0.600 bits per heavy atom. The van der Waals surface area contributed by atoms with Gasteiger partial charge in [-0.05, 0) is 46.7 Å². The number of benzene rings is 4. The third kappa shape index (κ3) is 3.07. The number of hydrogen-bond acceptors (Lipinski definition) is 2. The van der Waals surface area contributed by atoms with Gasteiger partial charge in [0.2, 0.25) is 0 Å². The van der Waals surface area contributed by atoms with E-state index in [2.05, 4.69) is 42.5 Å². The van der Waals surface area contributed by atoms with Crippen molar-refractivity contribution < 1.29 is 9.47 Å². The fraction of sp³-hybridized carbons (Fsp3) is 0.0435. The predicted octanol–water partition coefficient (Wildman–Crippen LogP) is 6.31. The summed E-state index contributed by atoms with van der Waals surface area (Å²) in [5.41, 5.74) is 2.21. The minimum absolute atomic E-state index is 0.814. The van der Waals surface area contributed by atoms with Crippen LogP contribution in [0, 0.1) is 0 Å². The van der Waals surface area contributed by atoms with Crippen molar-refractivity contribution in [2.75, 3.05) is 7.11 Å². The molecule has 0 aromatic heterocycles. The van der Waals surface area contributed by atoms with Crippen LogP contribution in [0.3, 0.4) is 0 Å². The number of ether oxygens (including phenoxy) is 2. The Balaban J connectivity index is 1.74. The van der Waals surface area contributed by atoms with Crippen molar-refractivity contribution >= 4 is 10.8 Å². The molecule has 4 aromatic carbocycles. The van der Waals surface area contributed by atoms with E-state index in [1.165, 1.54) is 10.8 Å². The molecule has 2 heteroatoms. The molecule has 0 N–H and O–H groups in total. The van der Waals surface area contributed by atoms with Gasteiger partial charge in [-0.1, -0.05) is 60.7 Å². The number of para-hydroxylation sites is 1. The van der Waals surface area contributed by atoms with Crippen LogP contribution in [0.4, 0.5) is 0 Å². The standard InChI is InChI=1S/C23H18O2/c1-24-22-16-13-17-7-5-6-10-21(17)23(22)18-11-14-20(15-12-18)25-19-8-3-2-4-9-19/h2-16H,1H3. The Kier molecular flexibility index (Phi) is 4.09. The summed E-state index contributed by atoms with van der Waals surface area (Å²) in [4.78, 5) is 0. The highest BCUT2D eigenvalue weighted by Crippen LogP contribution is 2.37. The summed E-state index contributed by atoms with van der Waals surface area (Å²) in [6.45, 7) is 0. The Morgan fingerprint density at radius 2 is 1.28 bits per heavy atom. The zero-order valence-corrected chi connectivity index (χ0v) is 14.0. The maximum absolute atomic E-state index is 5.88. The van der Waals surface area contributed by atoms with Crippen molar-refractivity contribution in [3.63, 3.8) is 0 Å². The van der Waals surface area contributed by atoms with Gasteiger partial charge in [-0.2, -0.15) is 0 Å². The van der Waals surface area contributed by atoms with E-state index in [0.717, 1.165) is 28.4 Å². The Morgan fingerprint density at radius 3 is 2.04 bits per heavy atom. The lowest BCUT2D eigenvalue weighted by atomic mass is 9.97. The second kappa shape index (κ2) is 6.70. The molecule has 0 aliphatic heterocycles. The average Bonchev–Trinajstić information content (AvgIpc) is 2.68. The molecule has 0 saturated heterocycles. The summed E-state index contributed by atoms with van der Waals surface area (Å²) in [6.07, 6.45) is 0. The molecule has 0 heterocycles. The van der Waals surface area contributed by atoms with Gasteiger partial charge in [0.15, 0.2) is 0 Å². The Labute approximate surface area is 147 Å². The lowest BCUT2D eigenvalue weighted by Crippen LogP contribution is -1.90. The first kappa shape index (κ1) is 15.3. The summed E-state index contributed by atoms with van der Waals surface area (Å²) in [5, 5.41) is 2.38. The van der Waals surface area contributed by atoms with E-state index in [1.54, 1.807) is 7.11 Å². The normalized spacial score (nSPS) is 10.6. The molecule has 0 atom stereocenters. The molecule has 4 rings (SSSR count). The Bertz CT molecular complexity index is 989.